The zero-order valence-electron chi connectivity index (χ0n) is 30.9. The maximum atomic E-state index is 12.2. The van der Waals surface area contributed by atoms with Crippen molar-refractivity contribution in [3.8, 4) is 22.6 Å². The number of fused-ring (bicyclic) bond motifs is 2. The van der Waals surface area contributed by atoms with Gasteiger partial charge in [0.2, 0.25) is 23.2 Å². The molecule has 2 aliphatic rings. The SMILES string of the molecule is C/C(=C\Cc1ccc[nH]c1=O)C1=CC(C)C(c2cc(C3=CCC(C)(c4nc5cccnc5o4)C=C3)cc(-c3ccc(-c4nc5cccnc5o4)cc3)c2)C=C1. The standard InChI is InChI=1S/C47H39N5O3/c1-29(10-11-33-7-4-22-48-42(33)53)35-16-17-39(30(2)25-35)38-27-36(31-12-14-34(15-13-31)43-51-40-8-5-23-49-44(40)54-43)26-37(28-38)32-18-20-47(3,21-19-32)46-52-41-9-6-24-50-45(41)55-46/h4-10,12-20,22-28,30,39H,11,21H2,1-3H3,(H,48,53)/b29-10+. The van der Waals surface area contributed by atoms with Gasteiger partial charge in [0.1, 0.15) is 11.0 Å². The van der Waals surface area contributed by atoms with Gasteiger partial charge >= 0.3 is 0 Å². The lowest BCUT2D eigenvalue weighted by atomic mass is 9.78. The molecule has 0 radical (unpaired) electrons. The molecule has 0 fully saturated rings. The Bertz CT molecular complexity index is 2730. The first-order chi connectivity index (χ1) is 26.8. The molecular weight excluding hydrogens is 683 g/mol. The Morgan fingerprint density at radius 1 is 0.873 bits per heavy atom. The van der Waals surface area contributed by atoms with Crippen LogP contribution in [0.2, 0.25) is 0 Å². The highest BCUT2D eigenvalue weighted by Crippen LogP contribution is 2.41. The van der Waals surface area contributed by atoms with Gasteiger partial charge in [-0.15, -0.1) is 0 Å². The lowest BCUT2D eigenvalue weighted by Gasteiger charge is -2.27. The molecule has 0 saturated heterocycles. The van der Waals surface area contributed by atoms with E-state index in [2.05, 4.69) is 126 Å². The van der Waals surface area contributed by atoms with Crippen LogP contribution in [-0.4, -0.2) is 24.9 Å². The van der Waals surface area contributed by atoms with E-state index in [0.717, 1.165) is 56.4 Å². The zero-order chi connectivity index (χ0) is 37.5. The molecule has 8 nitrogen and oxygen atoms in total. The van der Waals surface area contributed by atoms with Crippen molar-refractivity contribution in [1.82, 2.24) is 24.9 Å². The molecule has 2 aromatic carbocycles. The summed E-state index contributed by atoms with van der Waals surface area (Å²) in [6.07, 6.45) is 22.2. The summed E-state index contributed by atoms with van der Waals surface area (Å²) in [5.41, 5.74) is 11.9. The van der Waals surface area contributed by atoms with Crippen molar-refractivity contribution < 1.29 is 8.83 Å². The topological polar surface area (TPSA) is 111 Å². The molecule has 0 amide bonds. The van der Waals surface area contributed by atoms with Gasteiger partial charge in [0.15, 0.2) is 0 Å². The molecule has 9 rings (SSSR count). The number of aromatic nitrogens is 5. The molecule has 5 heterocycles. The molecule has 270 valence electrons. The monoisotopic (exact) mass is 721 g/mol. The number of nitrogens with zero attached hydrogens (tertiary/aromatic N) is 4. The maximum Gasteiger partial charge on any atom is 0.251 e. The fraction of sp³-hybridized carbons (Fsp3) is 0.170. The molecule has 5 aromatic heterocycles. The van der Waals surface area contributed by atoms with Crippen molar-refractivity contribution >= 4 is 28.0 Å². The summed E-state index contributed by atoms with van der Waals surface area (Å²) in [5.74, 6) is 1.63. The molecule has 7 aromatic rings. The Kier molecular flexibility index (Phi) is 8.66. The van der Waals surface area contributed by atoms with E-state index in [1.54, 1.807) is 18.6 Å². The highest BCUT2D eigenvalue weighted by Gasteiger charge is 2.31. The minimum Gasteiger partial charge on any atom is -0.421 e. The molecule has 0 spiro atoms. The van der Waals surface area contributed by atoms with E-state index in [1.807, 2.05) is 36.4 Å². The lowest BCUT2D eigenvalue weighted by Crippen LogP contribution is -2.20. The molecule has 0 aliphatic heterocycles. The summed E-state index contributed by atoms with van der Waals surface area (Å²) >= 11 is 0. The number of nitrogens with one attached hydrogen (secondary N) is 1. The highest BCUT2D eigenvalue weighted by atomic mass is 16.4. The van der Waals surface area contributed by atoms with Crippen LogP contribution in [0, 0.1) is 5.92 Å². The second-order valence-corrected chi connectivity index (χ2v) is 14.7. The number of pyridine rings is 3. The Morgan fingerprint density at radius 2 is 1.62 bits per heavy atom. The summed E-state index contributed by atoms with van der Waals surface area (Å²) in [6, 6.07) is 26.6. The van der Waals surface area contributed by atoms with Gasteiger partial charge in [0.25, 0.3) is 5.56 Å². The fourth-order valence-electron chi connectivity index (χ4n) is 7.50. The van der Waals surface area contributed by atoms with E-state index in [4.69, 9.17) is 13.8 Å². The van der Waals surface area contributed by atoms with Gasteiger partial charge in [-0.25, -0.2) is 19.9 Å². The van der Waals surface area contributed by atoms with Crippen LogP contribution in [0.25, 0.3) is 50.6 Å². The van der Waals surface area contributed by atoms with E-state index in [0.29, 0.717) is 29.6 Å². The summed E-state index contributed by atoms with van der Waals surface area (Å²) < 4.78 is 12.1. The van der Waals surface area contributed by atoms with Crippen LogP contribution in [0.5, 0.6) is 0 Å². The Hall–Kier alpha value is -6.67. The summed E-state index contributed by atoms with van der Waals surface area (Å²) in [5, 5.41) is 0. The number of allylic oxidation sites excluding steroid dienone is 10. The van der Waals surface area contributed by atoms with Crippen LogP contribution in [-0.2, 0) is 11.8 Å². The number of aromatic amines is 1. The second-order valence-electron chi connectivity index (χ2n) is 14.7. The van der Waals surface area contributed by atoms with E-state index in [1.165, 1.54) is 11.1 Å². The second kappa shape index (κ2) is 14.0. The first-order valence-electron chi connectivity index (χ1n) is 18.6. The molecule has 0 saturated carbocycles. The minimum atomic E-state index is -0.387. The van der Waals surface area contributed by atoms with Crippen LogP contribution < -0.4 is 5.56 Å². The molecule has 1 N–H and O–H groups in total. The Balaban J connectivity index is 1.04. The van der Waals surface area contributed by atoms with Crippen LogP contribution in [0.15, 0.2) is 165 Å². The number of hydrogen-bond acceptors (Lipinski definition) is 7. The largest absolute Gasteiger partial charge is 0.421 e. The third-order valence-corrected chi connectivity index (χ3v) is 10.8. The molecule has 8 heteroatoms. The van der Waals surface area contributed by atoms with Crippen molar-refractivity contribution in [1.29, 1.82) is 0 Å². The van der Waals surface area contributed by atoms with Gasteiger partial charge in [-0.3, -0.25) is 4.79 Å². The smallest absolute Gasteiger partial charge is 0.251 e. The Labute approximate surface area is 318 Å². The first kappa shape index (κ1) is 34.1. The van der Waals surface area contributed by atoms with E-state index in [-0.39, 0.29) is 22.8 Å². The normalized spacial score (nSPS) is 19.9. The van der Waals surface area contributed by atoms with E-state index in [9.17, 15) is 4.79 Å². The summed E-state index contributed by atoms with van der Waals surface area (Å²) in [7, 11) is 0. The number of H-pyrrole nitrogens is 1. The number of oxazole rings is 2. The van der Waals surface area contributed by atoms with Crippen molar-refractivity contribution in [2.45, 2.75) is 44.9 Å². The first-order valence-corrected chi connectivity index (χ1v) is 18.6. The predicted molar refractivity (Wildman–Crippen MR) is 217 cm³/mol. The van der Waals surface area contributed by atoms with Gasteiger partial charge in [0, 0.05) is 35.6 Å². The molecule has 3 atom stereocenters. The third kappa shape index (κ3) is 6.72. The van der Waals surface area contributed by atoms with Crippen LogP contribution in [0.3, 0.4) is 0 Å². The predicted octanol–water partition coefficient (Wildman–Crippen LogP) is 10.5. The van der Waals surface area contributed by atoms with Gasteiger partial charge in [0.05, 0.1) is 5.41 Å². The van der Waals surface area contributed by atoms with Gasteiger partial charge in [-0.1, -0.05) is 79.8 Å². The van der Waals surface area contributed by atoms with Crippen LogP contribution in [0.1, 0.15) is 55.7 Å². The average Bonchev–Trinajstić information content (AvgIpc) is 3.86. The molecule has 2 aliphatic carbocycles. The molecular formula is C47H39N5O3. The molecule has 55 heavy (non-hydrogen) atoms. The Morgan fingerprint density at radius 3 is 2.33 bits per heavy atom. The minimum absolute atomic E-state index is 0.0435. The van der Waals surface area contributed by atoms with Crippen molar-refractivity contribution in [2.75, 3.05) is 0 Å². The van der Waals surface area contributed by atoms with Crippen molar-refractivity contribution in [2.24, 2.45) is 5.92 Å². The number of rotatable bonds is 8. The highest BCUT2D eigenvalue weighted by molar-refractivity contribution is 5.81. The summed E-state index contributed by atoms with van der Waals surface area (Å²) in [6.45, 7) is 6.55. The van der Waals surface area contributed by atoms with E-state index >= 15 is 0 Å². The fourth-order valence-corrected chi connectivity index (χ4v) is 7.50. The number of hydrogen-bond donors (Lipinski definition) is 1. The molecule has 3 unspecified atom stereocenters. The lowest BCUT2D eigenvalue weighted by molar-refractivity contribution is 0.416. The van der Waals surface area contributed by atoms with E-state index < -0.39 is 0 Å². The van der Waals surface area contributed by atoms with Crippen molar-refractivity contribution in [3.05, 3.63) is 184 Å². The van der Waals surface area contributed by atoms with Crippen LogP contribution in [0.4, 0.5) is 0 Å². The zero-order valence-corrected chi connectivity index (χ0v) is 30.9. The maximum absolute atomic E-state index is 12.2. The number of benzene rings is 2. The quantitative estimate of drug-likeness (QED) is 0.166. The average molecular weight is 722 g/mol. The van der Waals surface area contributed by atoms with Gasteiger partial charge < -0.3 is 13.8 Å². The van der Waals surface area contributed by atoms with Crippen molar-refractivity contribution in [3.63, 3.8) is 0 Å². The van der Waals surface area contributed by atoms with Gasteiger partial charge in [-0.05, 0) is 120 Å². The van der Waals surface area contributed by atoms with Gasteiger partial charge in [-0.2, -0.15) is 0 Å². The van der Waals surface area contributed by atoms with Crippen LogP contribution >= 0.6 is 0 Å². The third-order valence-electron chi connectivity index (χ3n) is 10.8. The summed E-state index contributed by atoms with van der Waals surface area (Å²) in [4.78, 5) is 33.1. The molecule has 0 bridgehead atoms.